The molecule has 0 radical (unpaired) electrons. The number of carbonyl (C=O) groups excluding carboxylic acids is 1. The van der Waals surface area contributed by atoms with Crippen LogP contribution in [0.4, 0.5) is 0 Å². The average Bonchev–Trinajstić information content (AvgIpc) is 2.23. The molecule has 0 fully saturated rings. The lowest BCUT2D eigenvalue weighted by atomic mass is 9.81. The van der Waals surface area contributed by atoms with E-state index in [1.165, 1.54) is 7.11 Å². The second-order valence-corrected chi connectivity index (χ2v) is 5.40. The lowest BCUT2D eigenvalue weighted by Gasteiger charge is -2.30. The van der Waals surface area contributed by atoms with Crippen LogP contribution >= 0.6 is 0 Å². The quantitative estimate of drug-likeness (QED) is 0.682. The van der Waals surface area contributed by atoms with Gasteiger partial charge in [0.25, 0.3) is 0 Å². The molecule has 0 aliphatic heterocycles. The van der Waals surface area contributed by atoms with Gasteiger partial charge < -0.3 is 10.1 Å². The Morgan fingerprint density at radius 3 is 2.31 bits per heavy atom. The van der Waals surface area contributed by atoms with Crippen LogP contribution in [0.5, 0.6) is 0 Å². The first kappa shape index (κ1) is 15.4. The van der Waals surface area contributed by atoms with E-state index >= 15 is 0 Å². The molecule has 16 heavy (non-hydrogen) atoms. The van der Waals surface area contributed by atoms with Crippen LogP contribution in [0.15, 0.2) is 0 Å². The summed E-state index contributed by atoms with van der Waals surface area (Å²) in [7, 11) is 1.45. The minimum Gasteiger partial charge on any atom is -0.469 e. The Morgan fingerprint density at radius 2 is 1.94 bits per heavy atom. The van der Waals surface area contributed by atoms with Crippen LogP contribution in [-0.2, 0) is 9.53 Å². The van der Waals surface area contributed by atoms with Crippen molar-refractivity contribution in [3.63, 3.8) is 0 Å². The van der Waals surface area contributed by atoms with Gasteiger partial charge in [-0.05, 0) is 17.8 Å². The molecule has 1 unspecified atom stereocenters. The molecule has 0 spiro atoms. The molecular weight excluding hydrogens is 202 g/mol. The number of ether oxygens (including phenoxy) is 1. The second kappa shape index (κ2) is 6.89. The molecular formula is C13H27NO2. The van der Waals surface area contributed by atoms with Crippen molar-refractivity contribution in [3.05, 3.63) is 0 Å². The molecule has 3 nitrogen and oxygen atoms in total. The zero-order valence-corrected chi connectivity index (χ0v) is 11.6. The van der Waals surface area contributed by atoms with Gasteiger partial charge in [0.05, 0.1) is 13.0 Å². The third kappa shape index (κ3) is 4.97. The van der Waals surface area contributed by atoms with E-state index in [1.807, 2.05) is 6.92 Å². The highest BCUT2D eigenvalue weighted by Gasteiger charge is 2.23. The largest absolute Gasteiger partial charge is 0.469 e. The van der Waals surface area contributed by atoms with Crippen molar-refractivity contribution in [1.82, 2.24) is 5.32 Å². The van der Waals surface area contributed by atoms with Crippen LogP contribution in [0.2, 0.25) is 0 Å². The van der Waals surface area contributed by atoms with E-state index in [0.717, 1.165) is 13.0 Å². The molecule has 1 atom stereocenters. The lowest BCUT2D eigenvalue weighted by Crippen LogP contribution is -2.37. The number of esters is 1. The molecule has 0 saturated heterocycles. The summed E-state index contributed by atoms with van der Waals surface area (Å²) in [5.74, 6) is 0.489. The van der Waals surface area contributed by atoms with Crippen LogP contribution in [0.3, 0.4) is 0 Å². The van der Waals surface area contributed by atoms with Crippen molar-refractivity contribution in [2.24, 2.45) is 17.3 Å². The Hall–Kier alpha value is -0.570. The minimum absolute atomic E-state index is 0.0204. The molecule has 0 aliphatic rings. The maximum Gasteiger partial charge on any atom is 0.309 e. The van der Waals surface area contributed by atoms with E-state index in [2.05, 4.69) is 33.0 Å². The van der Waals surface area contributed by atoms with E-state index in [1.54, 1.807) is 0 Å². The number of rotatable bonds is 7. The smallest absolute Gasteiger partial charge is 0.309 e. The zero-order valence-electron chi connectivity index (χ0n) is 11.6. The van der Waals surface area contributed by atoms with Gasteiger partial charge in [0.1, 0.15) is 0 Å². The SMILES string of the molecule is CCC(CNCC(C)(C)C(C)C)C(=O)OC. The van der Waals surface area contributed by atoms with E-state index in [-0.39, 0.29) is 17.3 Å². The zero-order chi connectivity index (χ0) is 12.8. The van der Waals surface area contributed by atoms with Gasteiger partial charge in [-0.15, -0.1) is 0 Å². The highest BCUT2D eigenvalue weighted by molar-refractivity contribution is 5.72. The van der Waals surface area contributed by atoms with Crippen LogP contribution in [0, 0.1) is 17.3 Å². The number of methoxy groups -OCH3 is 1. The first-order valence-electron chi connectivity index (χ1n) is 6.13. The molecule has 96 valence electrons. The molecule has 0 saturated carbocycles. The monoisotopic (exact) mass is 229 g/mol. The summed E-state index contributed by atoms with van der Waals surface area (Å²) in [5.41, 5.74) is 0.258. The van der Waals surface area contributed by atoms with Crippen LogP contribution in [0.25, 0.3) is 0 Å². The maximum atomic E-state index is 11.4. The highest BCUT2D eigenvalue weighted by Crippen LogP contribution is 2.24. The van der Waals surface area contributed by atoms with Crippen molar-refractivity contribution >= 4 is 5.97 Å². The fourth-order valence-corrected chi connectivity index (χ4v) is 1.33. The van der Waals surface area contributed by atoms with Gasteiger partial charge >= 0.3 is 5.97 Å². The van der Waals surface area contributed by atoms with E-state index < -0.39 is 0 Å². The fourth-order valence-electron chi connectivity index (χ4n) is 1.33. The number of hydrogen-bond donors (Lipinski definition) is 1. The Kier molecular flexibility index (Phi) is 6.65. The van der Waals surface area contributed by atoms with Crippen LogP contribution < -0.4 is 5.32 Å². The van der Waals surface area contributed by atoms with Gasteiger partial charge in [0.15, 0.2) is 0 Å². The minimum atomic E-state index is -0.114. The summed E-state index contributed by atoms with van der Waals surface area (Å²) in [4.78, 5) is 11.4. The summed E-state index contributed by atoms with van der Waals surface area (Å²) in [6, 6.07) is 0. The van der Waals surface area contributed by atoms with Crippen LogP contribution in [-0.4, -0.2) is 26.2 Å². The molecule has 0 aliphatic carbocycles. The van der Waals surface area contributed by atoms with Crippen molar-refractivity contribution < 1.29 is 9.53 Å². The normalized spacial score (nSPS) is 13.9. The molecule has 0 aromatic carbocycles. The number of hydrogen-bond acceptors (Lipinski definition) is 3. The molecule has 1 N–H and O–H groups in total. The Bertz CT molecular complexity index is 212. The van der Waals surface area contributed by atoms with E-state index in [9.17, 15) is 4.79 Å². The number of nitrogens with one attached hydrogen (secondary N) is 1. The molecule has 0 aromatic heterocycles. The summed E-state index contributed by atoms with van der Waals surface area (Å²) < 4.78 is 4.75. The maximum absolute atomic E-state index is 11.4. The summed E-state index contributed by atoms with van der Waals surface area (Å²) >= 11 is 0. The molecule has 0 heterocycles. The third-order valence-electron chi connectivity index (χ3n) is 3.56. The Balaban J connectivity index is 4.00. The van der Waals surface area contributed by atoms with Gasteiger partial charge in [-0.1, -0.05) is 34.6 Å². The van der Waals surface area contributed by atoms with E-state index in [0.29, 0.717) is 12.5 Å². The van der Waals surface area contributed by atoms with Gasteiger partial charge in [-0.25, -0.2) is 0 Å². The van der Waals surface area contributed by atoms with Gasteiger partial charge in [0.2, 0.25) is 0 Å². The first-order chi connectivity index (χ1) is 7.35. The van der Waals surface area contributed by atoms with E-state index in [4.69, 9.17) is 4.74 Å². The van der Waals surface area contributed by atoms with Crippen molar-refractivity contribution in [3.8, 4) is 0 Å². The molecule has 0 rings (SSSR count). The second-order valence-electron chi connectivity index (χ2n) is 5.40. The van der Waals surface area contributed by atoms with Crippen molar-refractivity contribution in [1.29, 1.82) is 0 Å². The predicted molar refractivity (Wildman–Crippen MR) is 67.3 cm³/mol. The van der Waals surface area contributed by atoms with Crippen molar-refractivity contribution in [2.45, 2.75) is 41.0 Å². The lowest BCUT2D eigenvalue weighted by molar-refractivity contribution is -0.145. The number of carbonyl (C=O) groups is 1. The Morgan fingerprint density at radius 1 is 1.38 bits per heavy atom. The molecule has 0 bridgehead atoms. The fraction of sp³-hybridized carbons (Fsp3) is 0.923. The third-order valence-corrected chi connectivity index (χ3v) is 3.56. The van der Waals surface area contributed by atoms with Crippen LogP contribution in [0.1, 0.15) is 41.0 Å². The van der Waals surface area contributed by atoms with Gasteiger partial charge in [-0.2, -0.15) is 0 Å². The molecule has 0 aromatic rings. The predicted octanol–water partition coefficient (Wildman–Crippen LogP) is 2.46. The topological polar surface area (TPSA) is 38.3 Å². The van der Waals surface area contributed by atoms with Gasteiger partial charge in [0, 0.05) is 13.1 Å². The molecule has 3 heteroatoms. The van der Waals surface area contributed by atoms with Gasteiger partial charge in [-0.3, -0.25) is 4.79 Å². The Labute approximate surface area is 99.9 Å². The highest BCUT2D eigenvalue weighted by atomic mass is 16.5. The summed E-state index contributed by atoms with van der Waals surface area (Å²) in [6.45, 7) is 12.6. The first-order valence-corrected chi connectivity index (χ1v) is 6.13. The summed E-state index contributed by atoms with van der Waals surface area (Å²) in [6.07, 6.45) is 0.821. The standard InChI is InChI=1S/C13H27NO2/c1-7-11(12(15)16-6)8-14-9-13(4,5)10(2)3/h10-11,14H,7-9H2,1-6H3. The van der Waals surface area contributed by atoms with Crippen molar-refractivity contribution in [2.75, 3.05) is 20.2 Å². The molecule has 0 amide bonds. The summed E-state index contributed by atoms with van der Waals surface area (Å²) in [5, 5.41) is 3.37. The average molecular weight is 229 g/mol.